The zero-order valence-corrected chi connectivity index (χ0v) is 12.2. The quantitative estimate of drug-likeness (QED) is 0.935. The third-order valence-electron chi connectivity index (χ3n) is 2.67. The molecule has 1 N–H and O–H groups in total. The molecular formula is C13H16BrN3O. The molecule has 2 heterocycles. The number of nitrogens with one attached hydrogen (secondary N) is 1. The minimum Gasteiger partial charge on any atom is -0.452 e. The van der Waals surface area contributed by atoms with Gasteiger partial charge in [0.25, 0.3) is 0 Å². The van der Waals surface area contributed by atoms with Gasteiger partial charge in [0.15, 0.2) is 4.67 Å². The first-order chi connectivity index (χ1) is 8.58. The molecular weight excluding hydrogens is 294 g/mol. The van der Waals surface area contributed by atoms with Crippen LogP contribution in [0, 0.1) is 0 Å². The summed E-state index contributed by atoms with van der Waals surface area (Å²) in [7, 11) is 4.02. The van der Waals surface area contributed by atoms with E-state index < -0.39 is 0 Å². The smallest absolute Gasteiger partial charge is 0.169 e. The van der Waals surface area contributed by atoms with Gasteiger partial charge in [-0.3, -0.25) is 4.98 Å². The van der Waals surface area contributed by atoms with Gasteiger partial charge in [0.1, 0.15) is 5.76 Å². The second-order valence-electron chi connectivity index (χ2n) is 4.30. The molecule has 1 unspecified atom stereocenters. The summed E-state index contributed by atoms with van der Waals surface area (Å²) < 4.78 is 6.28. The summed E-state index contributed by atoms with van der Waals surface area (Å²) in [6, 6.07) is 5.91. The SMILES string of the molecule is CC(Nc1cnccc1N(C)C)c1ccc(Br)o1. The van der Waals surface area contributed by atoms with Crippen LogP contribution in [-0.2, 0) is 0 Å². The van der Waals surface area contributed by atoms with Crippen LogP contribution < -0.4 is 10.2 Å². The molecule has 0 amide bonds. The molecule has 0 aliphatic carbocycles. The minimum absolute atomic E-state index is 0.0826. The second kappa shape index (κ2) is 5.44. The standard InChI is InChI=1S/C13H16BrN3O/c1-9(12-4-5-13(14)18-12)16-10-8-15-7-6-11(10)17(2)3/h4-9,16H,1-3H3. The van der Waals surface area contributed by atoms with Crippen molar-refractivity contribution in [2.75, 3.05) is 24.3 Å². The molecule has 4 nitrogen and oxygen atoms in total. The molecule has 0 fully saturated rings. The van der Waals surface area contributed by atoms with Crippen molar-refractivity contribution in [1.82, 2.24) is 4.98 Å². The Labute approximate surface area is 115 Å². The summed E-state index contributed by atoms with van der Waals surface area (Å²) in [6.45, 7) is 2.05. The highest BCUT2D eigenvalue weighted by Crippen LogP contribution is 2.28. The van der Waals surface area contributed by atoms with E-state index in [2.05, 4.69) is 38.1 Å². The molecule has 2 rings (SSSR count). The number of nitrogens with zero attached hydrogens (tertiary/aromatic N) is 2. The first kappa shape index (κ1) is 13.0. The fourth-order valence-electron chi connectivity index (χ4n) is 1.75. The van der Waals surface area contributed by atoms with E-state index in [0.717, 1.165) is 21.8 Å². The van der Waals surface area contributed by atoms with Gasteiger partial charge in [-0.25, -0.2) is 0 Å². The van der Waals surface area contributed by atoms with Crippen LogP contribution in [0.25, 0.3) is 0 Å². The highest BCUT2D eigenvalue weighted by Gasteiger charge is 2.12. The fourth-order valence-corrected chi connectivity index (χ4v) is 2.07. The lowest BCUT2D eigenvalue weighted by Crippen LogP contribution is -2.14. The third-order valence-corrected chi connectivity index (χ3v) is 3.10. The van der Waals surface area contributed by atoms with Gasteiger partial charge in [-0.1, -0.05) is 0 Å². The van der Waals surface area contributed by atoms with Crippen LogP contribution in [0.15, 0.2) is 39.7 Å². The number of hydrogen-bond acceptors (Lipinski definition) is 4. The number of hydrogen-bond donors (Lipinski definition) is 1. The molecule has 1 atom stereocenters. The van der Waals surface area contributed by atoms with Gasteiger partial charge in [0.2, 0.25) is 0 Å². The maximum atomic E-state index is 5.54. The Morgan fingerprint density at radius 2 is 2.11 bits per heavy atom. The van der Waals surface area contributed by atoms with E-state index in [1.807, 2.05) is 38.5 Å². The Kier molecular flexibility index (Phi) is 3.91. The molecule has 0 spiro atoms. The van der Waals surface area contributed by atoms with Gasteiger partial charge in [0, 0.05) is 20.3 Å². The molecule has 0 aliphatic heterocycles. The Morgan fingerprint density at radius 1 is 1.33 bits per heavy atom. The lowest BCUT2D eigenvalue weighted by molar-refractivity contribution is 0.471. The van der Waals surface area contributed by atoms with Crippen molar-refractivity contribution in [1.29, 1.82) is 0 Å². The van der Waals surface area contributed by atoms with E-state index in [0.29, 0.717) is 0 Å². The average Bonchev–Trinajstić information content (AvgIpc) is 2.76. The second-order valence-corrected chi connectivity index (χ2v) is 5.08. The van der Waals surface area contributed by atoms with Gasteiger partial charge < -0.3 is 14.6 Å². The van der Waals surface area contributed by atoms with Crippen LogP contribution in [0.2, 0.25) is 0 Å². The van der Waals surface area contributed by atoms with Crippen molar-refractivity contribution in [2.45, 2.75) is 13.0 Å². The van der Waals surface area contributed by atoms with Gasteiger partial charge in [-0.05, 0) is 41.1 Å². The summed E-state index contributed by atoms with van der Waals surface area (Å²) in [4.78, 5) is 6.20. The van der Waals surface area contributed by atoms with Crippen LogP contribution in [-0.4, -0.2) is 19.1 Å². The molecule has 0 saturated carbocycles. The number of aromatic nitrogens is 1. The summed E-state index contributed by atoms with van der Waals surface area (Å²) in [6.07, 6.45) is 3.61. The molecule has 0 aliphatic rings. The summed E-state index contributed by atoms with van der Waals surface area (Å²) in [5.74, 6) is 0.885. The van der Waals surface area contributed by atoms with Crippen molar-refractivity contribution in [2.24, 2.45) is 0 Å². The topological polar surface area (TPSA) is 41.3 Å². The van der Waals surface area contributed by atoms with Crippen LogP contribution >= 0.6 is 15.9 Å². The zero-order chi connectivity index (χ0) is 13.1. The van der Waals surface area contributed by atoms with Crippen LogP contribution in [0.5, 0.6) is 0 Å². The molecule has 2 aromatic rings. The first-order valence-electron chi connectivity index (χ1n) is 5.71. The predicted molar refractivity (Wildman–Crippen MR) is 77.0 cm³/mol. The van der Waals surface area contributed by atoms with E-state index in [4.69, 9.17) is 4.42 Å². The molecule has 96 valence electrons. The molecule has 0 bridgehead atoms. The zero-order valence-electron chi connectivity index (χ0n) is 10.6. The van der Waals surface area contributed by atoms with E-state index in [9.17, 15) is 0 Å². The van der Waals surface area contributed by atoms with Crippen molar-refractivity contribution in [3.63, 3.8) is 0 Å². The van der Waals surface area contributed by atoms with E-state index in [1.54, 1.807) is 6.20 Å². The lowest BCUT2D eigenvalue weighted by Gasteiger charge is -2.20. The number of furan rings is 1. The summed E-state index contributed by atoms with van der Waals surface area (Å²) in [5.41, 5.74) is 2.09. The van der Waals surface area contributed by atoms with Crippen molar-refractivity contribution >= 4 is 27.3 Å². The average molecular weight is 310 g/mol. The monoisotopic (exact) mass is 309 g/mol. The molecule has 0 saturated heterocycles. The van der Waals surface area contributed by atoms with Crippen LogP contribution in [0.3, 0.4) is 0 Å². The van der Waals surface area contributed by atoms with Crippen molar-refractivity contribution < 1.29 is 4.42 Å². The Balaban J connectivity index is 2.19. The Morgan fingerprint density at radius 3 is 2.72 bits per heavy atom. The largest absolute Gasteiger partial charge is 0.452 e. The maximum Gasteiger partial charge on any atom is 0.169 e. The van der Waals surface area contributed by atoms with Gasteiger partial charge in [-0.2, -0.15) is 0 Å². The van der Waals surface area contributed by atoms with Crippen LogP contribution in [0.1, 0.15) is 18.7 Å². The number of pyridine rings is 1. The molecule has 0 radical (unpaired) electrons. The lowest BCUT2D eigenvalue weighted by atomic mass is 10.2. The maximum absolute atomic E-state index is 5.54. The number of rotatable bonds is 4. The first-order valence-corrected chi connectivity index (χ1v) is 6.50. The van der Waals surface area contributed by atoms with Crippen molar-refractivity contribution in [3.8, 4) is 0 Å². The Bertz CT molecular complexity index is 524. The summed E-state index contributed by atoms with van der Waals surface area (Å²) in [5, 5.41) is 3.40. The summed E-state index contributed by atoms with van der Waals surface area (Å²) >= 11 is 3.31. The minimum atomic E-state index is 0.0826. The molecule has 5 heteroatoms. The van der Waals surface area contributed by atoms with E-state index in [1.165, 1.54) is 0 Å². The fraction of sp³-hybridized carbons (Fsp3) is 0.308. The molecule has 0 aromatic carbocycles. The van der Waals surface area contributed by atoms with Gasteiger partial charge >= 0.3 is 0 Å². The normalized spacial score (nSPS) is 12.2. The number of anilines is 2. The molecule has 18 heavy (non-hydrogen) atoms. The van der Waals surface area contributed by atoms with E-state index in [-0.39, 0.29) is 6.04 Å². The third kappa shape index (κ3) is 2.85. The number of halogens is 1. The van der Waals surface area contributed by atoms with Crippen LogP contribution in [0.4, 0.5) is 11.4 Å². The highest BCUT2D eigenvalue weighted by atomic mass is 79.9. The van der Waals surface area contributed by atoms with E-state index >= 15 is 0 Å². The van der Waals surface area contributed by atoms with Gasteiger partial charge in [-0.15, -0.1) is 0 Å². The highest BCUT2D eigenvalue weighted by molar-refractivity contribution is 9.10. The predicted octanol–water partition coefficient (Wildman–Crippen LogP) is 3.68. The molecule has 2 aromatic heterocycles. The van der Waals surface area contributed by atoms with Crippen molar-refractivity contribution in [3.05, 3.63) is 41.0 Å². The Hall–Kier alpha value is -1.49. The van der Waals surface area contributed by atoms with Gasteiger partial charge in [0.05, 0.1) is 23.6 Å².